The second-order valence-corrected chi connectivity index (χ2v) is 3.39. The molecule has 0 saturated carbocycles. The van der Waals surface area contributed by atoms with Crippen LogP contribution in [-0.2, 0) is 0 Å². The minimum Gasteiger partial charge on any atom is -0.330 e. The molecule has 0 radical (unpaired) electrons. The van der Waals surface area contributed by atoms with Gasteiger partial charge in [-0.3, -0.25) is 4.90 Å². The summed E-state index contributed by atoms with van der Waals surface area (Å²) in [5.74, 6) is 0.428. The standard InChI is InChI=1S/C8H16F2N2.2ClH/c9-8(10)6-12-3-1-2-7(4-11)5-12;;/h7-8H,1-6,11H2;2*1H. The minimum absolute atomic E-state index is 0. The molecule has 0 spiro atoms. The Kier molecular flexibility index (Phi) is 10.4. The second kappa shape index (κ2) is 8.65. The van der Waals surface area contributed by atoms with Crippen molar-refractivity contribution in [2.75, 3.05) is 26.2 Å². The molecule has 1 rings (SSSR count). The van der Waals surface area contributed by atoms with Gasteiger partial charge in [-0.1, -0.05) is 0 Å². The molecule has 0 bridgehead atoms. The summed E-state index contributed by atoms with van der Waals surface area (Å²) in [7, 11) is 0. The lowest BCUT2D eigenvalue weighted by Crippen LogP contribution is -2.40. The number of nitrogens with zero attached hydrogens (tertiary/aromatic N) is 1. The molecule has 0 aromatic rings. The van der Waals surface area contributed by atoms with Crippen LogP contribution in [-0.4, -0.2) is 37.5 Å². The molecule has 0 aromatic carbocycles. The Hall–Kier alpha value is 0.360. The lowest BCUT2D eigenvalue weighted by Gasteiger charge is -2.31. The van der Waals surface area contributed by atoms with Crippen LogP contribution in [0.1, 0.15) is 12.8 Å². The van der Waals surface area contributed by atoms with Crippen LogP contribution in [0.25, 0.3) is 0 Å². The van der Waals surface area contributed by atoms with Gasteiger partial charge in [0, 0.05) is 6.54 Å². The molecule has 0 aliphatic carbocycles. The third-order valence-corrected chi connectivity index (χ3v) is 2.33. The summed E-state index contributed by atoms with van der Waals surface area (Å²) in [4.78, 5) is 1.81. The predicted molar refractivity (Wildman–Crippen MR) is 58.7 cm³/mol. The first-order chi connectivity index (χ1) is 5.72. The Morgan fingerprint density at radius 3 is 2.50 bits per heavy atom. The molecule has 1 fully saturated rings. The van der Waals surface area contributed by atoms with Gasteiger partial charge in [-0.15, -0.1) is 24.8 Å². The number of nitrogens with two attached hydrogens (primary N) is 1. The number of alkyl halides is 2. The molecule has 1 aliphatic rings. The van der Waals surface area contributed by atoms with E-state index in [1.54, 1.807) is 0 Å². The molecule has 14 heavy (non-hydrogen) atoms. The maximum Gasteiger partial charge on any atom is 0.251 e. The van der Waals surface area contributed by atoms with Crippen LogP contribution in [0.3, 0.4) is 0 Å². The number of hydrogen-bond donors (Lipinski definition) is 1. The van der Waals surface area contributed by atoms with Crippen molar-refractivity contribution in [1.82, 2.24) is 4.90 Å². The highest BCUT2D eigenvalue weighted by atomic mass is 35.5. The van der Waals surface area contributed by atoms with E-state index in [9.17, 15) is 8.78 Å². The van der Waals surface area contributed by atoms with E-state index in [1.165, 1.54) is 0 Å². The highest BCUT2D eigenvalue weighted by Crippen LogP contribution is 2.15. The monoisotopic (exact) mass is 250 g/mol. The van der Waals surface area contributed by atoms with Crippen LogP contribution in [0, 0.1) is 5.92 Å². The van der Waals surface area contributed by atoms with Crippen LogP contribution >= 0.6 is 24.8 Å². The first-order valence-electron chi connectivity index (χ1n) is 4.43. The zero-order chi connectivity index (χ0) is 8.97. The molecule has 1 atom stereocenters. The Bertz CT molecular complexity index is 139. The Morgan fingerprint density at radius 1 is 1.36 bits per heavy atom. The zero-order valence-electron chi connectivity index (χ0n) is 7.99. The summed E-state index contributed by atoms with van der Waals surface area (Å²) in [6.07, 6.45) is -0.105. The fraction of sp³-hybridized carbons (Fsp3) is 1.00. The van der Waals surface area contributed by atoms with Crippen LogP contribution in [0.5, 0.6) is 0 Å². The molecule has 2 nitrogen and oxygen atoms in total. The number of rotatable bonds is 3. The van der Waals surface area contributed by atoms with Gasteiger partial charge in [0.1, 0.15) is 0 Å². The Balaban J connectivity index is 0. The van der Waals surface area contributed by atoms with E-state index in [-0.39, 0.29) is 31.4 Å². The topological polar surface area (TPSA) is 29.3 Å². The first-order valence-corrected chi connectivity index (χ1v) is 4.43. The largest absolute Gasteiger partial charge is 0.330 e. The van der Waals surface area contributed by atoms with E-state index in [2.05, 4.69) is 0 Å². The van der Waals surface area contributed by atoms with Crippen LogP contribution in [0.15, 0.2) is 0 Å². The first kappa shape index (κ1) is 16.8. The van der Waals surface area contributed by atoms with E-state index < -0.39 is 6.43 Å². The molecule has 2 N–H and O–H groups in total. The van der Waals surface area contributed by atoms with Gasteiger partial charge in [-0.2, -0.15) is 0 Å². The smallest absolute Gasteiger partial charge is 0.251 e. The lowest BCUT2D eigenvalue weighted by molar-refractivity contribution is 0.0660. The lowest BCUT2D eigenvalue weighted by atomic mass is 9.98. The predicted octanol–water partition coefficient (Wildman–Crippen LogP) is 1.77. The van der Waals surface area contributed by atoms with Gasteiger partial charge in [-0.05, 0) is 31.8 Å². The van der Waals surface area contributed by atoms with Crippen LogP contribution in [0.2, 0.25) is 0 Å². The van der Waals surface area contributed by atoms with E-state index in [0.717, 1.165) is 25.9 Å². The molecule has 1 unspecified atom stereocenters. The molecule has 0 amide bonds. The van der Waals surface area contributed by atoms with Crippen molar-refractivity contribution in [2.24, 2.45) is 11.7 Å². The maximum absolute atomic E-state index is 12.0. The van der Waals surface area contributed by atoms with E-state index in [4.69, 9.17) is 5.73 Å². The summed E-state index contributed by atoms with van der Waals surface area (Å²) in [6.45, 7) is 2.10. The van der Waals surface area contributed by atoms with Gasteiger partial charge in [-0.25, -0.2) is 8.78 Å². The van der Waals surface area contributed by atoms with E-state index in [1.807, 2.05) is 4.90 Å². The summed E-state index contributed by atoms with van der Waals surface area (Å²) < 4.78 is 24.0. The third-order valence-electron chi connectivity index (χ3n) is 2.33. The molecule has 1 heterocycles. The van der Waals surface area contributed by atoms with Gasteiger partial charge in [0.25, 0.3) is 6.43 Å². The molecule has 6 heteroatoms. The minimum atomic E-state index is -2.21. The zero-order valence-corrected chi connectivity index (χ0v) is 9.63. The summed E-state index contributed by atoms with van der Waals surface area (Å²) in [5, 5.41) is 0. The summed E-state index contributed by atoms with van der Waals surface area (Å²) in [6, 6.07) is 0. The fourth-order valence-corrected chi connectivity index (χ4v) is 1.70. The molecule has 1 saturated heterocycles. The van der Waals surface area contributed by atoms with Crippen molar-refractivity contribution in [1.29, 1.82) is 0 Å². The average molecular weight is 251 g/mol. The molecular weight excluding hydrogens is 233 g/mol. The van der Waals surface area contributed by atoms with E-state index in [0.29, 0.717) is 12.5 Å². The van der Waals surface area contributed by atoms with Crippen molar-refractivity contribution < 1.29 is 8.78 Å². The van der Waals surface area contributed by atoms with Gasteiger partial charge in [0.05, 0.1) is 6.54 Å². The third kappa shape index (κ3) is 5.96. The highest BCUT2D eigenvalue weighted by Gasteiger charge is 2.20. The van der Waals surface area contributed by atoms with Crippen molar-refractivity contribution in [3.05, 3.63) is 0 Å². The number of halogens is 4. The van der Waals surface area contributed by atoms with Crippen molar-refractivity contribution >= 4 is 24.8 Å². The van der Waals surface area contributed by atoms with Gasteiger partial charge in [0.2, 0.25) is 0 Å². The molecular formula is C8H18Cl2F2N2. The number of piperidine rings is 1. The van der Waals surface area contributed by atoms with E-state index >= 15 is 0 Å². The van der Waals surface area contributed by atoms with Crippen molar-refractivity contribution in [2.45, 2.75) is 19.3 Å². The van der Waals surface area contributed by atoms with Crippen molar-refractivity contribution in [3.63, 3.8) is 0 Å². The molecule has 1 aliphatic heterocycles. The summed E-state index contributed by atoms with van der Waals surface area (Å²) >= 11 is 0. The Labute approximate surface area is 96.0 Å². The Morgan fingerprint density at radius 2 is 2.00 bits per heavy atom. The molecule has 0 aromatic heterocycles. The number of hydrogen-bond acceptors (Lipinski definition) is 2. The fourth-order valence-electron chi connectivity index (χ4n) is 1.70. The van der Waals surface area contributed by atoms with Gasteiger partial charge in [0.15, 0.2) is 0 Å². The normalized spacial score (nSPS) is 22.7. The highest BCUT2D eigenvalue weighted by molar-refractivity contribution is 5.85. The number of likely N-dealkylation sites (tertiary alicyclic amines) is 1. The SMILES string of the molecule is Cl.Cl.NCC1CCCN(CC(F)F)C1. The second-order valence-electron chi connectivity index (χ2n) is 3.39. The summed E-state index contributed by atoms with van der Waals surface area (Å²) in [5.41, 5.74) is 5.48. The van der Waals surface area contributed by atoms with Gasteiger partial charge < -0.3 is 5.73 Å². The van der Waals surface area contributed by atoms with Crippen LogP contribution < -0.4 is 5.73 Å². The van der Waals surface area contributed by atoms with Crippen molar-refractivity contribution in [3.8, 4) is 0 Å². The van der Waals surface area contributed by atoms with Gasteiger partial charge >= 0.3 is 0 Å². The maximum atomic E-state index is 12.0. The van der Waals surface area contributed by atoms with Crippen LogP contribution in [0.4, 0.5) is 8.78 Å². The average Bonchev–Trinajstić information content (AvgIpc) is 2.03. The molecule has 88 valence electrons. The quantitative estimate of drug-likeness (QED) is 0.828.